The van der Waals surface area contributed by atoms with Crippen LogP contribution < -0.4 is 16.4 Å². The summed E-state index contributed by atoms with van der Waals surface area (Å²) in [5.74, 6) is 0.545. The first-order valence-corrected chi connectivity index (χ1v) is 9.26. The minimum absolute atomic E-state index is 0.154. The second kappa shape index (κ2) is 8.23. The Morgan fingerprint density at radius 1 is 1.19 bits per heavy atom. The maximum absolute atomic E-state index is 12.4. The third-order valence-electron chi connectivity index (χ3n) is 4.62. The Morgan fingerprint density at radius 2 is 1.92 bits per heavy atom. The zero-order valence-electron chi connectivity index (χ0n) is 15.5. The van der Waals surface area contributed by atoms with Crippen LogP contribution in [0.25, 0.3) is 0 Å². The Bertz CT molecular complexity index is 742. The third kappa shape index (κ3) is 4.76. The molecule has 1 heterocycles. The fourth-order valence-electron chi connectivity index (χ4n) is 3.39. The standard InChI is InChI=1S/C21H28N4O/c1-15(2)13-25-12-11-18(14-25)23-17-9-7-16(8-10-17)21(26)24-20-6-4-3-5-19(20)22/h3-10,15,18,23H,11-14,22H2,1-2H3,(H,24,26). The fourth-order valence-corrected chi connectivity index (χ4v) is 3.39. The van der Waals surface area contributed by atoms with Gasteiger partial charge in [0.2, 0.25) is 0 Å². The molecule has 0 saturated carbocycles. The summed E-state index contributed by atoms with van der Waals surface area (Å²) in [6.07, 6.45) is 1.16. The number of hydrogen-bond acceptors (Lipinski definition) is 4. The predicted octanol–water partition coefficient (Wildman–Crippen LogP) is 3.66. The van der Waals surface area contributed by atoms with E-state index in [1.165, 1.54) is 0 Å². The van der Waals surface area contributed by atoms with Crippen LogP contribution in [0.2, 0.25) is 0 Å². The van der Waals surface area contributed by atoms with Crippen molar-refractivity contribution in [3.8, 4) is 0 Å². The van der Waals surface area contributed by atoms with Crippen LogP contribution in [0.5, 0.6) is 0 Å². The molecule has 3 rings (SSSR count). The number of nitrogens with two attached hydrogens (primary N) is 1. The van der Waals surface area contributed by atoms with E-state index in [9.17, 15) is 4.79 Å². The first-order valence-electron chi connectivity index (χ1n) is 9.26. The first kappa shape index (κ1) is 18.3. The molecule has 1 aliphatic heterocycles. The molecule has 0 bridgehead atoms. The topological polar surface area (TPSA) is 70.4 Å². The Labute approximate surface area is 155 Å². The van der Waals surface area contributed by atoms with Crippen LogP contribution in [0.4, 0.5) is 17.1 Å². The summed E-state index contributed by atoms with van der Waals surface area (Å²) in [5, 5.41) is 6.43. The van der Waals surface area contributed by atoms with Crippen molar-refractivity contribution in [2.24, 2.45) is 5.92 Å². The van der Waals surface area contributed by atoms with E-state index in [0.29, 0.717) is 28.9 Å². The normalized spacial score (nSPS) is 17.4. The van der Waals surface area contributed by atoms with E-state index in [0.717, 1.165) is 31.7 Å². The molecule has 0 aliphatic carbocycles. The number of carbonyl (C=O) groups is 1. The van der Waals surface area contributed by atoms with Gasteiger partial charge in [-0.2, -0.15) is 0 Å². The van der Waals surface area contributed by atoms with Gasteiger partial charge < -0.3 is 21.3 Å². The lowest BCUT2D eigenvalue weighted by Gasteiger charge is -2.19. The van der Waals surface area contributed by atoms with Gasteiger partial charge in [-0.05, 0) is 48.7 Å². The van der Waals surface area contributed by atoms with Gasteiger partial charge in [0, 0.05) is 36.9 Å². The van der Waals surface area contributed by atoms with Crippen LogP contribution in [-0.4, -0.2) is 36.5 Å². The summed E-state index contributed by atoms with van der Waals surface area (Å²) in [6.45, 7) is 7.89. The lowest BCUT2D eigenvalue weighted by molar-refractivity contribution is 0.102. The number of benzene rings is 2. The number of anilines is 3. The van der Waals surface area contributed by atoms with Crippen LogP contribution >= 0.6 is 0 Å². The van der Waals surface area contributed by atoms with E-state index in [1.807, 2.05) is 36.4 Å². The highest BCUT2D eigenvalue weighted by atomic mass is 16.1. The molecule has 5 nitrogen and oxygen atoms in total. The van der Waals surface area contributed by atoms with E-state index >= 15 is 0 Å². The predicted molar refractivity (Wildman–Crippen MR) is 109 cm³/mol. The van der Waals surface area contributed by atoms with Gasteiger partial charge in [-0.15, -0.1) is 0 Å². The first-order chi connectivity index (χ1) is 12.5. The second-order valence-electron chi connectivity index (χ2n) is 7.40. The lowest BCUT2D eigenvalue weighted by atomic mass is 10.1. The SMILES string of the molecule is CC(C)CN1CCC(Nc2ccc(C(=O)Nc3ccccc3N)cc2)C1. The number of nitrogens with one attached hydrogen (secondary N) is 2. The van der Waals surface area contributed by atoms with E-state index in [1.54, 1.807) is 12.1 Å². The molecule has 5 heteroatoms. The average Bonchev–Trinajstić information content (AvgIpc) is 3.03. The molecular formula is C21H28N4O. The van der Waals surface area contributed by atoms with Gasteiger partial charge in [-0.1, -0.05) is 26.0 Å². The van der Waals surface area contributed by atoms with Crippen molar-refractivity contribution in [1.29, 1.82) is 0 Å². The molecule has 2 aromatic carbocycles. The number of carbonyl (C=O) groups excluding carboxylic acids is 1. The molecule has 0 radical (unpaired) electrons. The maximum Gasteiger partial charge on any atom is 0.255 e. The molecule has 1 amide bonds. The minimum atomic E-state index is -0.154. The number of para-hydroxylation sites is 2. The molecule has 138 valence electrons. The number of nitrogen functional groups attached to an aromatic ring is 1. The van der Waals surface area contributed by atoms with Gasteiger partial charge in [-0.3, -0.25) is 4.79 Å². The molecule has 1 aliphatic rings. The van der Waals surface area contributed by atoms with Crippen molar-refractivity contribution < 1.29 is 4.79 Å². The van der Waals surface area contributed by atoms with Crippen molar-refractivity contribution in [3.63, 3.8) is 0 Å². The highest BCUT2D eigenvalue weighted by Gasteiger charge is 2.22. The third-order valence-corrected chi connectivity index (χ3v) is 4.62. The highest BCUT2D eigenvalue weighted by Crippen LogP contribution is 2.20. The molecule has 4 N–H and O–H groups in total. The van der Waals surface area contributed by atoms with Gasteiger partial charge in [0.1, 0.15) is 0 Å². The summed E-state index contributed by atoms with van der Waals surface area (Å²) < 4.78 is 0. The number of likely N-dealkylation sites (tertiary alicyclic amines) is 1. The van der Waals surface area contributed by atoms with Gasteiger partial charge in [0.05, 0.1) is 11.4 Å². The lowest BCUT2D eigenvalue weighted by Crippen LogP contribution is -2.29. The molecule has 1 fully saturated rings. The summed E-state index contributed by atoms with van der Waals surface area (Å²) in [4.78, 5) is 14.9. The molecule has 2 aromatic rings. The van der Waals surface area contributed by atoms with Crippen molar-refractivity contribution in [2.45, 2.75) is 26.3 Å². The van der Waals surface area contributed by atoms with Gasteiger partial charge in [-0.25, -0.2) is 0 Å². The Balaban J connectivity index is 1.55. The van der Waals surface area contributed by atoms with Crippen molar-refractivity contribution in [3.05, 3.63) is 54.1 Å². The Hall–Kier alpha value is -2.53. The molecule has 0 aromatic heterocycles. The van der Waals surface area contributed by atoms with Crippen molar-refractivity contribution in [2.75, 3.05) is 36.0 Å². The van der Waals surface area contributed by atoms with Gasteiger partial charge >= 0.3 is 0 Å². The average molecular weight is 352 g/mol. The quantitative estimate of drug-likeness (QED) is 0.694. The number of rotatable bonds is 6. The fraction of sp³-hybridized carbons (Fsp3) is 0.381. The molecular weight excluding hydrogens is 324 g/mol. The van der Waals surface area contributed by atoms with Crippen molar-refractivity contribution in [1.82, 2.24) is 4.90 Å². The minimum Gasteiger partial charge on any atom is -0.397 e. The molecule has 26 heavy (non-hydrogen) atoms. The molecule has 1 atom stereocenters. The van der Waals surface area contributed by atoms with Crippen LogP contribution in [0.3, 0.4) is 0 Å². The Morgan fingerprint density at radius 3 is 2.62 bits per heavy atom. The molecule has 1 saturated heterocycles. The maximum atomic E-state index is 12.4. The molecule has 1 unspecified atom stereocenters. The summed E-state index contributed by atoms with van der Waals surface area (Å²) in [5.41, 5.74) is 8.74. The van der Waals surface area contributed by atoms with Crippen LogP contribution in [-0.2, 0) is 0 Å². The Kier molecular flexibility index (Phi) is 5.78. The largest absolute Gasteiger partial charge is 0.397 e. The van der Waals surface area contributed by atoms with Crippen LogP contribution in [0.15, 0.2) is 48.5 Å². The van der Waals surface area contributed by atoms with E-state index < -0.39 is 0 Å². The van der Waals surface area contributed by atoms with E-state index in [2.05, 4.69) is 29.4 Å². The van der Waals surface area contributed by atoms with Crippen LogP contribution in [0, 0.1) is 5.92 Å². The zero-order valence-corrected chi connectivity index (χ0v) is 15.5. The summed E-state index contributed by atoms with van der Waals surface area (Å²) in [6, 6.07) is 15.4. The van der Waals surface area contributed by atoms with Crippen LogP contribution in [0.1, 0.15) is 30.6 Å². The smallest absolute Gasteiger partial charge is 0.255 e. The molecule has 0 spiro atoms. The second-order valence-corrected chi connectivity index (χ2v) is 7.40. The van der Waals surface area contributed by atoms with Gasteiger partial charge in [0.15, 0.2) is 0 Å². The number of amides is 1. The summed E-state index contributed by atoms with van der Waals surface area (Å²) >= 11 is 0. The van der Waals surface area contributed by atoms with Crippen molar-refractivity contribution >= 4 is 23.0 Å². The number of hydrogen-bond donors (Lipinski definition) is 3. The zero-order chi connectivity index (χ0) is 18.5. The van der Waals surface area contributed by atoms with E-state index in [4.69, 9.17) is 5.73 Å². The number of nitrogens with zero attached hydrogens (tertiary/aromatic N) is 1. The highest BCUT2D eigenvalue weighted by molar-refractivity contribution is 6.05. The summed E-state index contributed by atoms with van der Waals surface area (Å²) in [7, 11) is 0. The van der Waals surface area contributed by atoms with Gasteiger partial charge in [0.25, 0.3) is 5.91 Å². The monoisotopic (exact) mass is 352 g/mol. The van der Waals surface area contributed by atoms with E-state index in [-0.39, 0.29) is 5.91 Å².